The standard InChI is InChI=1S/C22H23FN6O3/c23-16-10-4-8-13(27-16)7-3-9-15-18(30)19(31)22(32-15)29-12-26-17-20(24-11-25-21(17)29)28-14-5-1-2-6-14/h4,8,10-12,14-15,18-19,22,30-31H,1-2,5-6,9H2,(H,24,25,28)/t15-,18-,19-,22-/m1/s1. The van der Waals surface area contributed by atoms with Gasteiger partial charge in [-0.25, -0.2) is 19.9 Å². The molecule has 32 heavy (non-hydrogen) atoms. The summed E-state index contributed by atoms with van der Waals surface area (Å²) in [6.07, 6.45) is 3.76. The number of halogens is 1. The topological polar surface area (TPSA) is 118 Å². The van der Waals surface area contributed by atoms with Crippen LogP contribution in [0.1, 0.15) is 44.0 Å². The van der Waals surface area contributed by atoms with Gasteiger partial charge in [0.25, 0.3) is 0 Å². The Morgan fingerprint density at radius 1 is 1.16 bits per heavy atom. The number of anilines is 1. The van der Waals surface area contributed by atoms with Crippen molar-refractivity contribution in [1.29, 1.82) is 0 Å². The third-order valence-corrected chi connectivity index (χ3v) is 5.90. The number of hydrogen-bond acceptors (Lipinski definition) is 8. The van der Waals surface area contributed by atoms with Gasteiger partial charge in [0, 0.05) is 12.5 Å². The first-order chi connectivity index (χ1) is 15.6. The maximum Gasteiger partial charge on any atom is 0.214 e. The highest BCUT2D eigenvalue weighted by Crippen LogP contribution is 2.33. The van der Waals surface area contributed by atoms with Gasteiger partial charge in [0.15, 0.2) is 23.2 Å². The normalized spacial score (nSPS) is 25.7. The van der Waals surface area contributed by atoms with E-state index < -0.39 is 30.5 Å². The Morgan fingerprint density at radius 3 is 2.81 bits per heavy atom. The fourth-order valence-electron chi connectivity index (χ4n) is 4.26. The zero-order valence-corrected chi connectivity index (χ0v) is 17.2. The van der Waals surface area contributed by atoms with E-state index in [9.17, 15) is 14.6 Å². The lowest BCUT2D eigenvalue weighted by Crippen LogP contribution is -2.31. The molecule has 9 nitrogen and oxygen atoms in total. The van der Waals surface area contributed by atoms with Gasteiger partial charge in [-0.1, -0.05) is 24.8 Å². The molecule has 0 amide bonds. The van der Waals surface area contributed by atoms with Crippen LogP contribution < -0.4 is 5.32 Å². The highest BCUT2D eigenvalue weighted by molar-refractivity contribution is 5.82. The number of nitrogens with one attached hydrogen (secondary N) is 1. The summed E-state index contributed by atoms with van der Waals surface area (Å²) in [6, 6.07) is 4.72. The number of ether oxygens (including phenoxy) is 1. The maximum absolute atomic E-state index is 13.2. The minimum atomic E-state index is -1.19. The van der Waals surface area contributed by atoms with Crippen LogP contribution in [-0.4, -0.2) is 59.1 Å². The molecule has 0 radical (unpaired) electrons. The van der Waals surface area contributed by atoms with Crippen LogP contribution in [0.5, 0.6) is 0 Å². The van der Waals surface area contributed by atoms with Crippen molar-refractivity contribution in [3.63, 3.8) is 0 Å². The van der Waals surface area contributed by atoms with E-state index >= 15 is 0 Å². The Labute approximate surface area is 183 Å². The first-order valence-electron chi connectivity index (χ1n) is 10.7. The largest absolute Gasteiger partial charge is 0.387 e. The molecule has 5 rings (SSSR count). The fraction of sp³-hybridized carbons (Fsp3) is 0.455. The van der Waals surface area contributed by atoms with Crippen LogP contribution in [0.25, 0.3) is 11.2 Å². The van der Waals surface area contributed by atoms with Gasteiger partial charge in [0.05, 0.1) is 12.4 Å². The molecular formula is C22H23FN6O3. The lowest BCUT2D eigenvalue weighted by molar-refractivity contribution is -0.0332. The molecule has 2 fully saturated rings. The van der Waals surface area contributed by atoms with Crippen LogP contribution in [0, 0.1) is 17.8 Å². The quantitative estimate of drug-likeness (QED) is 0.417. The monoisotopic (exact) mass is 438 g/mol. The summed E-state index contributed by atoms with van der Waals surface area (Å²) in [6.45, 7) is 0. The molecule has 4 heterocycles. The van der Waals surface area contributed by atoms with Crippen molar-refractivity contribution in [3.8, 4) is 11.8 Å². The molecule has 2 aliphatic rings. The maximum atomic E-state index is 13.2. The number of aliphatic hydroxyl groups is 2. The lowest BCUT2D eigenvalue weighted by atomic mass is 10.1. The molecule has 0 aromatic carbocycles. The smallest absolute Gasteiger partial charge is 0.214 e. The van der Waals surface area contributed by atoms with Crippen molar-refractivity contribution in [1.82, 2.24) is 24.5 Å². The molecule has 1 aliphatic heterocycles. The van der Waals surface area contributed by atoms with Gasteiger partial charge in [-0.05, 0) is 30.9 Å². The number of aromatic nitrogens is 5. The van der Waals surface area contributed by atoms with E-state index in [0.717, 1.165) is 12.8 Å². The summed E-state index contributed by atoms with van der Waals surface area (Å²) in [7, 11) is 0. The second kappa shape index (κ2) is 8.78. The Hall–Kier alpha value is -3.13. The van der Waals surface area contributed by atoms with Crippen molar-refractivity contribution in [3.05, 3.63) is 42.5 Å². The van der Waals surface area contributed by atoms with Crippen molar-refractivity contribution in [2.24, 2.45) is 0 Å². The Morgan fingerprint density at radius 2 is 2.00 bits per heavy atom. The average molecular weight is 438 g/mol. The molecular weight excluding hydrogens is 415 g/mol. The summed E-state index contributed by atoms with van der Waals surface area (Å²) < 4.78 is 20.7. The Kier molecular flexibility index (Phi) is 5.70. The van der Waals surface area contributed by atoms with Crippen LogP contribution in [0.2, 0.25) is 0 Å². The average Bonchev–Trinajstić information content (AvgIpc) is 3.51. The van der Waals surface area contributed by atoms with E-state index in [1.807, 2.05) is 0 Å². The van der Waals surface area contributed by atoms with Crippen LogP contribution in [0.4, 0.5) is 10.2 Å². The first kappa shape index (κ1) is 20.8. The minimum absolute atomic E-state index is 0.142. The minimum Gasteiger partial charge on any atom is -0.387 e. The number of aliphatic hydroxyl groups excluding tert-OH is 2. The molecule has 10 heteroatoms. The van der Waals surface area contributed by atoms with Gasteiger partial charge >= 0.3 is 0 Å². The first-order valence-corrected chi connectivity index (χ1v) is 10.7. The molecule has 3 aromatic rings. The zero-order chi connectivity index (χ0) is 22.1. The molecule has 0 unspecified atom stereocenters. The molecule has 166 valence electrons. The molecule has 1 saturated heterocycles. The number of nitrogens with zero attached hydrogens (tertiary/aromatic N) is 5. The third-order valence-electron chi connectivity index (χ3n) is 5.90. The van der Waals surface area contributed by atoms with Crippen molar-refractivity contribution in [2.45, 2.75) is 62.7 Å². The van der Waals surface area contributed by atoms with Crippen molar-refractivity contribution in [2.75, 3.05) is 5.32 Å². The van der Waals surface area contributed by atoms with Crippen LogP contribution in [0.15, 0.2) is 30.9 Å². The van der Waals surface area contributed by atoms with E-state index in [2.05, 4.69) is 37.1 Å². The second-order valence-corrected chi connectivity index (χ2v) is 8.07. The van der Waals surface area contributed by atoms with Crippen LogP contribution >= 0.6 is 0 Å². The number of pyridine rings is 1. The van der Waals surface area contributed by atoms with E-state index in [0.29, 0.717) is 23.0 Å². The highest BCUT2D eigenvalue weighted by Gasteiger charge is 2.44. The molecule has 4 atom stereocenters. The van der Waals surface area contributed by atoms with Gasteiger partial charge in [-0.2, -0.15) is 4.39 Å². The van der Waals surface area contributed by atoms with E-state index in [-0.39, 0.29) is 12.1 Å². The Bertz CT molecular complexity index is 1170. The Balaban J connectivity index is 1.34. The van der Waals surface area contributed by atoms with Crippen molar-refractivity contribution >= 4 is 17.0 Å². The summed E-state index contributed by atoms with van der Waals surface area (Å²) in [5.41, 5.74) is 1.38. The molecule has 0 bridgehead atoms. The van der Waals surface area contributed by atoms with Gasteiger partial charge < -0.3 is 20.3 Å². The third kappa shape index (κ3) is 4.02. The SMILES string of the molecule is O[C@@H]1[C@H](O)[C@@H](CC#Cc2cccc(F)n2)O[C@H]1n1cnc2c(NC3CCCC3)ncnc21. The van der Waals surface area contributed by atoms with E-state index in [1.54, 1.807) is 10.6 Å². The number of imidazole rings is 1. The molecule has 1 aliphatic carbocycles. The predicted molar refractivity (Wildman–Crippen MR) is 113 cm³/mol. The summed E-state index contributed by atoms with van der Waals surface area (Å²) >= 11 is 0. The lowest BCUT2D eigenvalue weighted by Gasteiger charge is -2.17. The summed E-state index contributed by atoms with van der Waals surface area (Å²) in [5.74, 6) is 5.63. The number of hydrogen-bond donors (Lipinski definition) is 3. The van der Waals surface area contributed by atoms with Gasteiger partial charge in [-0.15, -0.1) is 0 Å². The van der Waals surface area contributed by atoms with Crippen LogP contribution in [-0.2, 0) is 4.74 Å². The number of fused-ring (bicyclic) bond motifs is 1. The molecule has 3 N–H and O–H groups in total. The summed E-state index contributed by atoms with van der Waals surface area (Å²) in [5, 5.41) is 24.5. The van der Waals surface area contributed by atoms with Gasteiger partial charge in [0.1, 0.15) is 24.2 Å². The van der Waals surface area contributed by atoms with Gasteiger partial charge in [0.2, 0.25) is 5.95 Å². The second-order valence-electron chi connectivity index (χ2n) is 8.07. The molecule has 3 aromatic heterocycles. The van der Waals surface area contributed by atoms with E-state index in [4.69, 9.17) is 4.74 Å². The summed E-state index contributed by atoms with van der Waals surface area (Å²) in [4.78, 5) is 16.8. The predicted octanol–water partition coefficient (Wildman–Crippen LogP) is 1.78. The highest BCUT2D eigenvalue weighted by atomic mass is 19.1. The van der Waals surface area contributed by atoms with E-state index in [1.165, 1.54) is 37.6 Å². The zero-order valence-electron chi connectivity index (χ0n) is 17.2. The van der Waals surface area contributed by atoms with Crippen molar-refractivity contribution < 1.29 is 19.3 Å². The number of rotatable bonds is 4. The fourth-order valence-corrected chi connectivity index (χ4v) is 4.26. The molecule has 0 spiro atoms. The van der Waals surface area contributed by atoms with Gasteiger partial charge in [-0.3, -0.25) is 4.57 Å². The van der Waals surface area contributed by atoms with Crippen LogP contribution in [0.3, 0.4) is 0 Å². The molecule has 1 saturated carbocycles.